The highest BCUT2D eigenvalue weighted by Crippen LogP contribution is 2.36. The molecule has 1 unspecified atom stereocenters. The molecule has 9 heteroatoms. The van der Waals surface area contributed by atoms with Gasteiger partial charge in [0.25, 0.3) is 5.91 Å². The van der Waals surface area contributed by atoms with E-state index in [4.69, 9.17) is 24.0 Å². The van der Waals surface area contributed by atoms with E-state index in [1.54, 1.807) is 18.5 Å². The van der Waals surface area contributed by atoms with E-state index in [-0.39, 0.29) is 12.2 Å². The fourth-order valence-corrected chi connectivity index (χ4v) is 4.30. The minimum absolute atomic E-state index is 0.00411. The van der Waals surface area contributed by atoms with E-state index in [1.807, 2.05) is 48.5 Å². The topological polar surface area (TPSA) is 112 Å². The van der Waals surface area contributed by atoms with Crippen molar-refractivity contribution in [1.82, 2.24) is 15.4 Å². The highest BCUT2D eigenvalue weighted by atomic mass is 16.8. The molecule has 4 aromatic rings. The summed E-state index contributed by atoms with van der Waals surface area (Å²) in [5, 5.41) is 9.74. The predicted octanol–water partition coefficient (Wildman–Crippen LogP) is 4.56. The second kappa shape index (κ2) is 12.0. The Morgan fingerprint density at radius 1 is 1.08 bits per heavy atom. The highest BCUT2D eigenvalue weighted by Gasteiger charge is 2.24. The first-order valence-electron chi connectivity index (χ1n) is 12.5. The number of rotatable bonds is 9. The van der Waals surface area contributed by atoms with E-state index in [1.165, 1.54) is 7.11 Å². The fourth-order valence-electron chi connectivity index (χ4n) is 4.30. The number of hydroxylamine groups is 1. The van der Waals surface area contributed by atoms with Crippen LogP contribution in [0, 0.1) is 0 Å². The number of aliphatic hydroxyl groups is 1. The molecular weight excluding hydrogens is 486 g/mol. The zero-order valence-corrected chi connectivity index (χ0v) is 21.1. The Kier molecular flexibility index (Phi) is 8.08. The van der Waals surface area contributed by atoms with Crippen molar-refractivity contribution in [2.24, 2.45) is 0 Å². The van der Waals surface area contributed by atoms with Gasteiger partial charge in [-0.2, -0.15) is 0 Å². The predicted molar refractivity (Wildman–Crippen MR) is 140 cm³/mol. The first-order chi connectivity index (χ1) is 18.7. The number of hydrogen-bond donors (Lipinski definition) is 2. The largest absolute Gasteiger partial charge is 0.494 e. The van der Waals surface area contributed by atoms with Gasteiger partial charge in [-0.1, -0.05) is 36.4 Å². The molecule has 1 atom stereocenters. The number of nitrogens with one attached hydrogen (secondary N) is 1. The Labute approximate surface area is 220 Å². The zero-order chi connectivity index (χ0) is 26.3. The molecule has 5 rings (SSSR count). The van der Waals surface area contributed by atoms with Crippen molar-refractivity contribution in [1.29, 1.82) is 0 Å². The average molecular weight is 516 g/mol. The molecule has 38 heavy (non-hydrogen) atoms. The lowest BCUT2D eigenvalue weighted by Gasteiger charge is -2.22. The molecule has 1 aliphatic heterocycles. The van der Waals surface area contributed by atoms with Gasteiger partial charge in [-0.05, 0) is 42.2 Å². The van der Waals surface area contributed by atoms with E-state index in [2.05, 4.69) is 10.5 Å². The number of fused-ring (bicyclic) bond motifs is 1. The maximum atomic E-state index is 13.3. The quantitative estimate of drug-likeness (QED) is 0.312. The van der Waals surface area contributed by atoms with Crippen LogP contribution in [-0.2, 0) is 22.8 Å². The maximum Gasteiger partial charge on any atom is 0.279 e. The fraction of sp³-hybridized carbons (Fsp3) is 0.276. The number of amides is 1. The van der Waals surface area contributed by atoms with Crippen molar-refractivity contribution >= 4 is 16.8 Å². The van der Waals surface area contributed by atoms with Gasteiger partial charge in [-0.25, -0.2) is 15.3 Å². The summed E-state index contributed by atoms with van der Waals surface area (Å²) in [7, 11) is 1.51. The summed E-state index contributed by atoms with van der Waals surface area (Å²) in [6.07, 6.45) is 5.42. The molecule has 3 heterocycles. The van der Waals surface area contributed by atoms with E-state index in [9.17, 15) is 9.90 Å². The molecule has 1 fully saturated rings. The Balaban J connectivity index is 1.39. The summed E-state index contributed by atoms with van der Waals surface area (Å²) in [5.74, 6) is 0.577. The summed E-state index contributed by atoms with van der Waals surface area (Å²) in [6, 6.07) is 16.8. The third-order valence-corrected chi connectivity index (χ3v) is 6.33. The van der Waals surface area contributed by atoms with Crippen LogP contribution in [0.2, 0.25) is 0 Å². The molecule has 1 aliphatic rings. The molecule has 1 saturated heterocycles. The maximum absolute atomic E-state index is 13.3. The molecular formula is C29H29N3O6. The van der Waals surface area contributed by atoms with Crippen LogP contribution in [0.4, 0.5) is 0 Å². The highest BCUT2D eigenvalue weighted by molar-refractivity contribution is 6.09. The van der Waals surface area contributed by atoms with Crippen molar-refractivity contribution < 1.29 is 28.9 Å². The van der Waals surface area contributed by atoms with Gasteiger partial charge in [-0.3, -0.25) is 9.78 Å². The minimum atomic E-state index is -0.480. The molecule has 0 spiro atoms. The van der Waals surface area contributed by atoms with Gasteiger partial charge in [-0.15, -0.1) is 0 Å². The van der Waals surface area contributed by atoms with Crippen LogP contribution in [0.5, 0.6) is 11.5 Å². The standard InChI is InChI=1S/C29H29N3O6/c1-35-28-26(29(34)32-38-25-4-2-3-15-36-25)23-16-30-14-13-24(23)31-27(28)21-9-5-20(6-10-21)18-37-22-11-7-19(17-33)8-12-22/h5-14,16,25,33H,2-4,15,17-18H2,1H3,(H,32,34). The number of hydrogen-bond acceptors (Lipinski definition) is 8. The summed E-state index contributed by atoms with van der Waals surface area (Å²) >= 11 is 0. The Morgan fingerprint density at radius 3 is 2.58 bits per heavy atom. The lowest BCUT2D eigenvalue weighted by molar-refractivity contribution is -0.186. The second-order valence-electron chi connectivity index (χ2n) is 8.89. The normalized spacial score (nSPS) is 15.3. The van der Waals surface area contributed by atoms with Crippen molar-refractivity contribution in [3.05, 3.63) is 83.7 Å². The molecule has 0 aliphatic carbocycles. The van der Waals surface area contributed by atoms with Crippen LogP contribution < -0.4 is 15.0 Å². The molecule has 2 aromatic heterocycles. The van der Waals surface area contributed by atoms with E-state index < -0.39 is 12.2 Å². The second-order valence-corrected chi connectivity index (χ2v) is 8.89. The number of benzene rings is 2. The lowest BCUT2D eigenvalue weighted by Crippen LogP contribution is -2.33. The molecule has 196 valence electrons. The van der Waals surface area contributed by atoms with Crippen LogP contribution in [0.3, 0.4) is 0 Å². The van der Waals surface area contributed by atoms with E-state index >= 15 is 0 Å². The van der Waals surface area contributed by atoms with Crippen LogP contribution >= 0.6 is 0 Å². The minimum Gasteiger partial charge on any atom is -0.494 e. The number of carbonyl (C=O) groups excluding carboxylic acids is 1. The van der Waals surface area contributed by atoms with E-state index in [0.717, 1.165) is 29.5 Å². The van der Waals surface area contributed by atoms with Crippen molar-refractivity contribution in [2.75, 3.05) is 13.7 Å². The van der Waals surface area contributed by atoms with Gasteiger partial charge in [0, 0.05) is 36.4 Å². The number of methoxy groups -OCH3 is 1. The molecule has 2 aromatic carbocycles. The number of pyridine rings is 2. The van der Waals surface area contributed by atoms with Crippen LogP contribution in [0.15, 0.2) is 67.0 Å². The molecule has 9 nitrogen and oxygen atoms in total. The van der Waals surface area contributed by atoms with Crippen molar-refractivity contribution in [2.45, 2.75) is 38.8 Å². The van der Waals surface area contributed by atoms with Crippen molar-refractivity contribution in [3.63, 3.8) is 0 Å². The molecule has 2 N–H and O–H groups in total. The molecule has 0 saturated carbocycles. The van der Waals surface area contributed by atoms with Crippen LogP contribution in [-0.4, -0.2) is 41.0 Å². The zero-order valence-electron chi connectivity index (χ0n) is 21.1. The van der Waals surface area contributed by atoms with Crippen LogP contribution in [0.1, 0.15) is 40.7 Å². The summed E-state index contributed by atoms with van der Waals surface area (Å²) in [6.45, 7) is 0.976. The third kappa shape index (κ3) is 5.75. The van der Waals surface area contributed by atoms with Gasteiger partial charge in [0.1, 0.15) is 18.1 Å². The third-order valence-electron chi connectivity index (χ3n) is 6.33. The number of ether oxygens (including phenoxy) is 3. The Hall–Kier alpha value is -4.05. The SMILES string of the molecule is COc1c(-c2ccc(COc3ccc(CO)cc3)cc2)nc2ccncc2c1C(=O)NOC1CCCCO1. The number of aromatic nitrogens is 2. The number of aliphatic hydroxyl groups excluding tert-OH is 1. The van der Waals surface area contributed by atoms with Gasteiger partial charge < -0.3 is 19.3 Å². The smallest absolute Gasteiger partial charge is 0.279 e. The van der Waals surface area contributed by atoms with Gasteiger partial charge in [0.05, 0.1) is 24.8 Å². The summed E-state index contributed by atoms with van der Waals surface area (Å²) < 4.78 is 17.1. The molecule has 0 bridgehead atoms. The van der Waals surface area contributed by atoms with Gasteiger partial charge in [0.2, 0.25) is 0 Å². The molecule has 1 amide bonds. The monoisotopic (exact) mass is 515 g/mol. The Bertz CT molecular complexity index is 1390. The van der Waals surface area contributed by atoms with Gasteiger partial charge >= 0.3 is 0 Å². The lowest BCUT2D eigenvalue weighted by atomic mass is 10.0. The van der Waals surface area contributed by atoms with Crippen molar-refractivity contribution in [3.8, 4) is 22.8 Å². The van der Waals surface area contributed by atoms with Gasteiger partial charge in [0.15, 0.2) is 12.0 Å². The van der Waals surface area contributed by atoms with E-state index in [0.29, 0.717) is 47.7 Å². The average Bonchev–Trinajstić information content (AvgIpc) is 2.98. The number of carbonyl (C=O) groups is 1. The Morgan fingerprint density at radius 2 is 1.87 bits per heavy atom. The molecule has 0 radical (unpaired) electrons. The summed E-state index contributed by atoms with van der Waals surface area (Å²) in [4.78, 5) is 27.8. The first kappa shape index (κ1) is 25.6. The number of nitrogens with zero attached hydrogens (tertiary/aromatic N) is 2. The summed E-state index contributed by atoms with van der Waals surface area (Å²) in [5.41, 5.74) is 6.52. The first-order valence-corrected chi connectivity index (χ1v) is 12.5. The van der Waals surface area contributed by atoms with Crippen LogP contribution in [0.25, 0.3) is 22.2 Å².